The van der Waals surface area contributed by atoms with Crippen molar-refractivity contribution >= 4 is 17.6 Å². The van der Waals surface area contributed by atoms with Crippen LogP contribution in [0.5, 0.6) is 0 Å². The van der Waals surface area contributed by atoms with Crippen molar-refractivity contribution in [2.45, 2.75) is 6.92 Å². The predicted octanol–water partition coefficient (Wildman–Crippen LogP) is 1.16. The van der Waals surface area contributed by atoms with Gasteiger partial charge < -0.3 is 16.9 Å². The van der Waals surface area contributed by atoms with Crippen molar-refractivity contribution in [1.82, 2.24) is 0 Å². The lowest BCUT2D eigenvalue weighted by Crippen LogP contribution is -1.98. The van der Waals surface area contributed by atoms with Crippen LogP contribution in [0, 0.1) is 12.3 Å². The largest absolute Gasteiger partial charge is 0.399 e. The van der Waals surface area contributed by atoms with E-state index in [0.29, 0.717) is 16.9 Å². The third-order valence-electron chi connectivity index (χ3n) is 1.60. The van der Waals surface area contributed by atoms with Gasteiger partial charge in [-0.2, -0.15) is 0 Å². The second-order valence-corrected chi connectivity index (χ2v) is 2.49. The molecule has 0 saturated carbocycles. The molecule has 1 rings (SSSR count). The van der Waals surface area contributed by atoms with Crippen LogP contribution in [-0.4, -0.2) is 6.21 Å². The molecular weight excluding hydrogens is 138 g/mol. The minimum Gasteiger partial charge on any atom is -0.399 e. The lowest BCUT2D eigenvalue weighted by Gasteiger charge is -2.04. The maximum Gasteiger partial charge on any atom is 0.0434 e. The van der Waals surface area contributed by atoms with Crippen LogP contribution in [0.15, 0.2) is 12.1 Å². The topological polar surface area (TPSA) is 75.9 Å². The zero-order chi connectivity index (χ0) is 8.43. The molecule has 0 bridgehead atoms. The Morgan fingerprint density at radius 2 is 2.00 bits per heavy atom. The first-order valence-corrected chi connectivity index (χ1v) is 3.31. The quantitative estimate of drug-likeness (QED) is 0.414. The number of benzene rings is 1. The Bertz CT molecular complexity index is 292. The molecule has 0 saturated heterocycles. The van der Waals surface area contributed by atoms with Crippen LogP contribution in [0.4, 0.5) is 11.4 Å². The SMILES string of the molecule is Cc1cc(N)cc(C=N)c1N. The minimum absolute atomic E-state index is 0.634. The summed E-state index contributed by atoms with van der Waals surface area (Å²) in [4.78, 5) is 0. The zero-order valence-corrected chi connectivity index (χ0v) is 6.39. The molecule has 0 amide bonds. The Kier molecular flexibility index (Phi) is 1.81. The Morgan fingerprint density at radius 3 is 2.55 bits per heavy atom. The molecule has 11 heavy (non-hydrogen) atoms. The minimum atomic E-state index is 0.634. The smallest absolute Gasteiger partial charge is 0.0434 e. The molecular formula is C8H11N3. The van der Waals surface area contributed by atoms with E-state index in [0.717, 1.165) is 5.56 Å². The Morgan fingerprint density at radius 1 is 1.36 bits per heavy atom. The van der Waals surface area contributed by atoms with E-state index in [1.54, 1.807) is 12.1 Å². The van der Waals surface area contributed by atoms with Gasteiger partial charge in [-0.15, -0.1) is 0 Å². The molecule has 1 aromatic carbocycles. The molecule has 0 aromatic heterocycles. The highest BCUT2D eigenvalue weighted by molar-refractivity contribution is 5.87. The molecule has 0 spiro atoms. The van der Waals surface area contributed by atoms with E-state index in [-0.39, 0.29) is 0 Å². The van der Waals surface area contributed by atoms with Gasteiger partial charge in [-0.3, -0.25) is 0 Å². The summed E-state index contributed by atoms with van der Waals surface area (Å²) in [6.45, 7) is 1.87. The summed E-state index contributed by atoms with van der Waals surface area (Å²) in [5.74, 6) is 0. The molecule has 0 aliphatic heterocycles. The van der Waals surface area contributed by atoms with Gasteiger partial charge in [-0.1, -0.05) is 0 Å². The number of aryl methyl sites for hydroxylation is 1. The summed E-state index contributed by atoms with van der Waals surface area (Å²) in [5.41, 5.74) is 14.1. The molecule has 0 fully saturated rings. The highest BCUT2D eigenvalue weighted by atomic mass is 14.6. The van der Waals surface area contributed by atoms with Crippen molar-refractivity contribution in [3.8, 4) is 0 Å². The van der Waals surface area contributed by atoms with Crippen molar-refractivity contribution < 1.29 is 0 Å². The van der Waals surface area contributed by atoms with Gasteiger partial charge in [-0.05, 0) is 24.6 Å². The molecule has 5 N–H and O–H groups in total. The summed E-state index contributed by atoms with van der Waals surface area (Å²) >= 11 is 0. The highest BCUT2D eigenvalue weighted by Gasteiger charge is 1.99. The molecule has 0 radical (unpaired) electrons. The van der Waals surface area contributed by atoms with E-state index in [1.165, 1.54) is 6.21 Å². The number of hydrogen-bond acceptors (Lipinski definition) is 3. The lowest BCUT2D eigenvalue weighted by atomic mass is 10.1. The van der Waals surface area contributed by atoms with E-state index in [2.05, 4.69) is 0 Å². The van der Waals surface area contributed by atoms with Crippen LogP contribution >= 0.6 is 0 Å². The van der Waals surface area contributed by atoms with Crippen LogP contribution in [0.3, 0.4) is 0 Å². The molecule has 0 atom stereocenters. The molecule has 1 aromatic rings. The van der Waals surface area contributed by atoms with Gasteiger partial charge in [-0.25, -0.2) is 0 Å². The summed E-state index contributed by atoms with van der Waals surface area (Å²) < 4.78 is 0. The maximum absolute atomic E-state index is 7.02. The molecule has 0 unspecified atom stereocenters. The first-order chi connectivity index (χ1) is 5.15. The molecule has 0 heterocycles. The number of nitrogens with two attached hydrogens (primary N) is 2. The predicted molar refractivity (Wildman–Crippen MR) is 47.9 cm³/mol. The Balaban J connectivity index is 3.35. The number of rotatable bonds is 1. The van der Waals surface area contributed by atoms with Crippen molar-refractivity contribution in [1.29, 1.82) is 5.41 Å². The summed E-state index contributed by atoms with van der Waals surface area (Å²) in [7, 11) is 0. The van der Waals surface area contributed by atoms with Gasteiger partial charge in [0.1, 0.15) is 0 Å². The fourth-order valence-corrected chi connectivity index (χ4v) is 0.974. The molecule has 0 aliphatic rings. The Hall–Kier alpha value is -1.51. The monoisotopic (exact) mass is 149 g/mol. The van der Waals surface area contributed by atoms with Gasteiger partial charge in [0, 0.05) is 23.2 Å². The maximum atomic E-state index is 7.02. The van der Waals surface area contributed by atoms with E-state index < -0.39 is 0 Å². The standard InChI is InChI=1S/C8H11N3/c1-5-2-7(10)3-6(4-9)8(5)11/h2-4,9H,10-11H2,1H3. The van der Waals surface area contributed by atoms with Gasteiger partial charge >= 0.3 is 0 Å². The molecule has 0 aliphatic carbocycles. The van der Waals surface area contributed by atoms with Crippen molar-refractivity contribution in [2.75, 3.05) is 11.5 Å². The van der Waals surface area contributed by atoms with Crippen LogP contribution < -0.4 is 11.5 Å². The lowest BCUT2D eigenvalue weighted by molar-refractivity contribution is 1.45. The van der Waals surface area contributed by atoms with E-state index >= 15 is 0 Å². The second kappa shape index (κ2) is 2.62. The molecule has 3 nitrogen and oxygen atoms in total. The number of hydrogen-bond donors (Lipinski definition) is 3. The molecule has 3 heteroatoms. The highest BCUT2D eigenvalue weighted by Crippen LogP contribution is 2.18. The van der Waals surface area contributed by atoms with Crippen molar-refractivity contribution in [3.05, 3.63) is 23.3 Å². The van der Waals surface area contributed by atoms with Gasteiger partial charge in [0.05, 0.1) is 0 Å². The number of anilines is 2. The van der Waals surface area contributed by atoms with Crippen LogP contribution in [0.2, 0.25) is 0 Å². The fourth-order valence-electron chi connectivity index (χ4n) is 0.974. The number of nitrogens with one attached hydrogen (secondary N) is 1. The third kappa shape index (κ3) is 1.32. The van der Waals surface area contributed by atoms with Gasteiger partial charge in [0.25, 0.3) is 0 Å². The summed E-state index contributed by atoms with van der Waals surface area (Å²) in [6, 6.07) is 3.48. The van der Waals surface area contributed by atoms with Gasteiger partial charge in [0.2, 0.25) is 0 Å². The molecule has 58 valence electrons. The average Bonchev–Trinajstić information content (AvgIpc) is 1.96. The van der Waals surface area contributed by atoms with Gasteiger partial charge in [0.15, 0.2) is 0 Å². The summed E-state index contributed by atoms with van der Waals surface area (Å²) in [6.07, 6.45) is 1.21. The van der Waals surface area contributed by atoms with Crippen molar-refractivity contribution in [2.24, 2.45) is 0 Å². The second-order valence-electron chi connectivity index (χ2n) is 2.49. The van der Waals surface area contributed by atoms with Crippen LogP contribution in [-0.2, 0) is 0 Å². The third-order valence-corrected chi connectivity index (χ3v) is 1.60. The number of nitrogen functional groups attached to an aromatic ring is 2. The first kappa shape index (κ1) is 7.60. The van der Waals surface area contributed by atoms with Crippen LogP contribution in [0.1, 0.15) is 11.1 Å². The summed E-state index contributed by atoms with van der Waals surface area (Å²) in [5, 5.41) is 7.02. The van der Waals surface area contributed by atoms with E-state index in [9.17, 15) is 0 Å². The first-order valence-electron chi connectivity index (χ1n) is 3.31. The zero-order valence-electron chi connectivity index (χ0n) is 6.39. The van der Waals surface area contributed by atoms with E-state index in [1.807, 2.05) is 6.92 Å². The normalized spacial score (nSPS) is 9.55. The Labute approximate surface area is 65.5 Å². The average molecular weight is 149 g/mol. The van der Waals surface area contributed by atoms with Crippen molar-refractivity contribution in [3.63, 3.8) is 0 Å². The fraction of sp³-hybridized carbons (Fsp3) is 0.125. The van der Waals surface area contributed by atoms with Crippen LogP contribution in [0.25, 0.3) is 0 Å². The van der Waals surface area contributed by atoms with E-state index in [4.69, 9.17) is 16.9 Å².